The molecule has 1 aliphatic rings. The maximum Gasteiger partial charge on any atom is 0.246 e. The topological polar surface area (TPSA) is 44.4 Å². The van der Waals surface area contributed by atoms with E-state index in [4.69, 9.17) is 0 Å². The molecule has 1 atom stereocenters. The Labute approximate surface area is 134 Å². The zero-order valence-corrected chi connectivity index (χ0v) is 14.2. The molecule has 0 bridgehead atoms. The van der Waals surface area contributed by atoms with E-state index in [2.05, 4.69) is 45.0 Å². The molecular formula is C16H22BrN3O. The van der Waals surface area contributed by atoms with Gasteiger partial charge in [-0.1, -0.05) is 19.9 Å². The Bertz CT molecular complexity index is 545. The second-order valence-corrected chi connectivity index (χ2v) is 5.96. The summed E-state index contributed by atoms with van der Waals surface area (Å²) in [6.07, 6.45) is 2.96. The summed E-state index contributed by atoms with van der Waals surface area (Å²) in [7, 11) is 0. The molecule has 5 heteroatoms. The predicted molar refractivity (Wildman–Crippen MR) is 91.9 cm³/mol. The lowest BCUT2D eigenvalue weighted by atomic mass is 10.1. The lowest BCUT2D eigenvalue weighted by Gasteiger charge is -2.25. The Morgan fingerprint density at radius 1 is 1.48 bits per heavy atom. The van der Waals surface area contributed by atoms with E-state index in [1.165, 1.54) is 0 Å². The Balaban J connectivity index is 2.37. The summed E-state index contributed by atoms with van der Waals surface area (Å²) in [5.41, 5.74) is 3.00. The molecule has 1 unspecified atom stereocenters. The lowest BCUT2D eigenvalue weighted by Crippen LogP contribution is -2.27. The van der Waals surface area contributed by atoms with Crippen molar-refractivity contribution in [2.75, 3.05) is 29.9 Å². The van der Waals surface area contributed by atoms with E-state index < -0.39 is 0 Å². The van der Waals surface area contributed by atoms with E-state index >= 15 is 0 Å². The first-order chi connectivity index (χ1) is 10.1. The van der Waals surface area contributed by atoms with Gasteiger partial charge in [0.1, 0.15) is 6.04 Å². The first-order valence-corrected chi connectivity index (χ1v) is 8.15. The summed E-state index contributed by atoms with van der Waals surface area (Å²) in [5, 5.41) is 6.18. The molecule has 2 rings (SSSR count). The molecule has 1 aromatic carbocycles. The summed E-state index contributed by atoms with van der Waals surface area (Å²) >= 11 is 3.65. The Morgan fingerprint density at radius 2 is 2.24 bits per heavy atom. The van der Waals surface area contributed by atoms with Crippen LogP contribution in [0.15, 0.2) is 29.3 Å². The van der Waals surface area contributed by atoms with Crippen molar-refractivity contribution in [3.8, 4) is 0 Å². The Morgan fingerprint density at radius 3 is 2.86 bits per heavy atom. The number of nitrogens with zero attached hydrogens (tertiary/aromatic N) is 1. The van der Waals surface area contributed by atoms with Crippen LogP contribution in [0.2, 0.25) is 0 Å². The van der Waals surface area contributed by atoms with Gasteiger partial charge in [0.2, 0.25) is 5.91 Å². The molecule has 1 aliphatic heterocycles. The minimum Gasteiger partial charge on any atom is -0.367 e. The molecule has 0 fully saturated rings. The summed E-state index contributed by atoms with van der Waals surface area (Å²) in [6, 6.07) is 3.84. The van der Waals surface area contributed by atoms with Gasteiger partial charge < -0.3 is 15.5 Å². The molecule has 1 heterocycles. The zero-order valence-electron chi connectivity index (χ0n) is 12.6. The first-order valence-electron chi connectivity index (χ1n) is 7.35. The van der Waals surface area contributed by atoms with Crippen molar-refractivity contribution in [2.45, 2.75) is 26.3 Å². The van der Waals surface area contributed by atoms with Crippen molar-refractivity contribution in [1.82, 2.24) is 5.32 Å². The second kappa shape index (κ2) is 7.09. The highest BCUT2D eigenvalue weighted by molar-refractivity contribution is 9.10. The highest BCUT2D eigenvalue weighted by Crippen LogP contribution is 2.39. The van der Waals surface area contributed by atoms with Crippen LogP contribution in [-0.2, 0) is 4.79 Å². The number of carbonyl (C=O) groups excluding carboxylic acids is 1. The maximum atomic E-state index is 12.0. The normalized spacial score (nSPS) is 16.5. The summed E-state index contributed by atoms with van der Waals surface area (Å²) in [5.74, 6) is 0.0154. The number of halogens is 1. The van der Waals surface area contributed by atoms with Crippen LogP contribution in [-0.4, -0.2) is 25.5 Å². The van der Waals surface area contributed by atoms with Gasteiger partial charge in [0.25, 0.3) is 0 Å². The van der Waals surface area contributed by atoms with Crippen molar-refractivity contribution in [1.29, 1.82) is 0 Å². The van der Waals surface area contributed by atoms with Crippen molar-refractivity contribution in [2.24, 2.45) is 0 Å². The third-order valence-electron chi connectivity index (χ3n) is 3.54. The minimum atomic E-state index is -0.255. The molecule has 2 N–H and O–H groups in total. The molecule has 0 saturated carbocycles. The smallest absolute Gasteiger partial charge is 0.246 e. The summed E-state index contributed by atoms with van der Waals surface area (Å²) < 4.78 is 1.01. The average Bonchev–Trinajstić information content (AvgIpc) is 2.74. The van der Waals surface area contributed by atoms with Gasteiger partial charge in [-0.05, 0) is 41.0 Å². The number of fused-ring (bicyclic) bond motifs is 1. The summed E-state index contributed by atoms with van der Waals surface area (Å²) in [4.78, 5) is 14.3. The second-order valence-electron chi connectivity index (χ2n) is 5.11. The number of amides is 1. The van der Waals surface area contributed by atoms with Crippen LogP contribution in [0.4, 0.5) is 11.4 Å². The Hall–Kier alpha value is -1.33. The van der Waals surface area contributed by atoms with Crippen LogP contribution >= 0.6 is 15.9 Å². The first kappa shape index (κ1) is 16.0. The number of hydrogen-bond acceptors (Lipinski definition) is 3. The van der Waals surface area contributed by atoms with Crippen LogP contribution in [0, 0.1) is 0 Å². The highest BCUT2D eigenvalue weighted by Gasteiger charge is 2.31. The molecule has 0 aliphatic carbocycles. The fourth-order valence-electron chi connectivity index (χ4n) is 2.66. The number of nitrogens with one attached hydrogen (secondary N) is 2. The van der Waals surface area contributed by atoms with E-state index in [0.717, 1.165) is 47.5 Å². The molecule has 1 aromatic rings. The standard InChI is InChI=1S/C16H22BrN3O/c1-4-7-20(8-5-2)14-10-13-11(9-12(14)17)15(18-6-3)16(21)19-13/h4,9-10,15,18H,1,5-8H2,2-3H3,(H,19,21). The van der Waals surface area contributed by atoms with Gasteiger partial charge in [-0.15, -0.1) is 6.58 Å². The van der Waals surface area contributed by atoms with E-state index in [9.17, 15) is 4.79 Å². The van der Waals surface area contributed by atoms with E-state index in [1.807, 2.05) is 25.1 Å². The molecule has 21 heavy (non-hydrogen) atoms. The van der Waals surface area contributed by atoms with Crippen molar-refractivity contribution in [3.63, 3.8) is 0 Å². The van der Waals surface area contributed by atoms with Gasteiger partial charge >= 0.3 is 0 Å². The fourth-order valence-corrected chi connectivity index (χ4v) is 3.27. The van der Waals surface area contributed by atoms with E-state index in [1.54, 1.807) is 0 Å². The number of benzene rings is 1. The third kappa shape index (κ3) is 3.30. The maximum absolute atomic E-state index is 12.0. The highest BCUT2D eigenvalue weighted by atomic mass is 79.9. The van der Waals surface area contributed by atoms with Crippen LogP contribution in [0.5, 0.6) is 0 Å². The molecule has 0 aromatic heterocycles. The number of carbonyl (C=O) groups is 1. The molecule has 0 spiro atoms. The molecule has 114 valence electrons. The van der Waals surface area contributed by atoms with E-state index in [0.29, 0.717) is 0 Å². The van der Waals surface area contributed by atoms with Gasteiger partial charge in [-0.25, -0.2) is 0 Å². The molecule has 0 saturated heterocycles. The number of likely N-dealkylation sites (N-methyl/N-ethyl adjacent to an activating group) is 1. The van der Waals surface area contributed by atoms with E-state index in [-0.39, 0.29) is 11.9 Å². The van der Waals surface area contributed by atoms with Gasteiger partial charge in [0, 0.05) is 28.8 Å². The number of rotatable bonds is 7. The van der Waals surface area contributed by atoms with Gasteiger partial charge in [-0.3, -0.25) is 4.79 Å². The lowest BCUT2D eigenvalue weighted by molar-refractivity contribution is -0.117. The quantitative estimate of drug-likeness (QED) is 0.739. The SMILES string of the molecule is C=CCN(CCC)c1cc2c(cc1Br)C(NCC)C(=O)N2. The van der Waals surface area contributed by atoms with Crippen molar-refractivity contribution in [3.05, 3.63) is 34.8 Å². The Kier molecular flexibility index (Phi) is 5.42. The third-order valence-corrected chi connectivity index (χ3v) is 4.18. The zero-order chi connectivity index (χ0) is 15.4. The molecular weight excluding hydrogens is 330 g/mol. The van der Waals surface area contributed by atoms with Crippen LogP contribution in [0.25, 0.3) is 0 Å². The van der Waals surface area contributed by atoms with Crippen LogP contribution < -0.4 is 15.5 Å². The molecule has 1 amide bonds. The largest absolute Gasteiger partial charge is 0.367 e. The van der Waals surface area contributed by atoms with Crippen LogP contribution in [0.1, 0.15) is 31.9 Å². The molecule has 4 nitrogen and oxygen atoms in total. The number of anilines is 2. The number of hydrogen-bond donors (Lipinski definition) is 2. The average molecular weight is 352 g/mol. The fraction of sp³-hybridized carbons (Fsp3) is 0.438. The molecule has 0 radical (unpaired) electrons. The van der Waals surface area contributed by atoms with Crippen LogP contribution in [0.3, 0.4) is 0 Å². The predicted octanol–water partition coefficient (Wildman–Crippen LogP) is 3.45. The van der Waals surface area contributed by atoms with Gasteiger partial charge in [-0.2, -0.15) is 0 Å². The summed E-state index contributed by atoms with van der Waals surface area (Å²) in [6.45, 7) is 10.5. The van der Waals surface area contributed by atoms with Gasteiger partial charge in [0.15, 0.2) is 0 Å². The van der Waals surface area contributed by atoms with Gasteiger partial charge in [0.05, 0.1) is 5.69 Å². The minimum absolute atomic E-state index is 0.0154. The monoisotopic (exact) mass is 351 g/mol. The van der Waals surface area contributed by atoms with Crippen molar-refractivity contribution < 1.29 is 4.79 Å². The van der Waals surface area contributed by atoms with Crippen molar-refractivity contribution >= 4 is 33.2 Å².